The monoisotopic (exact) mass is 339 g/mol. The lowest BCUT2D eigenvalue weighted by Gasteiger charge is -2.38. The van der Waals surface area contributed by atoms with Gasteiger partial charge < -0.3 is 5.32 Å². The van der Waals surface area contributed by atoms with E-state index in [0.29, 0.717) is 11.8 Å². The van der Waals surface area contributed by atoms with Crippen LogP contribution in [0.25, 0.3) is 10.8 Å². The molecule has 3 aromatic rings. The summed E-state index contributed by atoms with van der Waals surface area (Å²) >= 11 is 0. The van der Waals surface area contributed by atoms with Crippen molar-refractivity contribution >= 4 is 22.2 Å². The molecule has 1 N–H and O–H groups in total. The first-order valence-electron chi connectivity index (χ1n) is 9.28. The summed E-state index contributed by atoms with van der Waals surface area (Å²) in [7, 11) is 0. The highest BCUT2D eigenvalue weighted by molar-refractivity contribution is 5.95. The Morgan fingerprint density at radius 3 is 2.73 bits per heavy atom. The highest BCUT2D eigenvalue weighted by Crippen LogP contribution is 2.50. The van der Waals surface area contributed by atoms with E-state index in [9.17, 15) is 4.79 Å². The van der Waals surface area contributed by atoms with Gasteiger partial charge in [-0.05, 0) is 59.4 Å². The summed E-state index contributed by atoms with van der Waals surface area (Å²) in [6, 6.07) is 21.6. The summed E-state index contributed by atoms with van der Waals surface area (Å²) in [5.41, 5.74) is 4.57. The van der Waals surface area contributed by atoms with Gasteiger partial charge in [0.2, 0.25) is 0 Å². The number of hydrogen-bond acceptors (Lipinski definition) is 2. The van der Waals surface area contributed by atoms with Crippen molar-refractivity contribution in [1.82, 2.24) is 0 Å². The summed E-state index contributed by atoms with van der Waals surface area (Å²) in [6.07, 6.45) is 5.69. The molecule has 0 spiro atoms. The average Bonchev–Trinajstić information content (AvgIpc) is 3.16. The van der Waals surface area contributed by atoms with Gasteiger partial charge in [-0.1, -0.05) is 54.6 Å². The van der Waals surface area contributed by atoms with Crippen LogP contribution in [0.4, 0.5) is 5.69 Å². The van der Waals surface area contributed by atoms with Crippen LogP contribution in [0.15, 0.2) is 72.8 Å². The van der Waals surface area contributed by atoms with Crippen LogP contribution in [0.2, 0.25) is 0 Å². The Morgan fingerprint density at radius 1 is 1.00 bits per heavy atom. The number of fused-ring (bicyclic) bond motifs is 4. The second-order valence-electron chi connectivity index (χ2n) is 7.40. The van der Waals surface area contributed by atoms with Gasteiger partial charge in [-0.15, -0.1) is 0 Å². The van der Waals surface area contributed by atoms with E-state index in [0.717, 1.165) is 17.7 Å². The maximum absolute atomic E-state index is 11.8. The van der Waals surface area contributed by atoms with E-state index in [1.807, 2.05) is 6.07 Å². The average molecular weight is 339 g/mol. The molecule has 1 heterocycles. The summed E-state index contributed by atoms with van der Waals surface area (Å²) in [5, 5.41) is 6.40. The Morgan fingerprint density at radius 2 is 1.85 bits per heavy atom. The molecule has 1 aliphatic heterocycles. The number of benzene rings is 3. The molecule has 3 aromatic carbocycles. The van der Waals surface area contributed by atoms with Crippen molar-refractivity contribution in [2.45, 2.75) is 25.3 Å². The topological polar surface area (TPSA) is 29.1 Å². The second kappa shape index (κ2) is 5.84. The number of rotatable bonds is 2. The Kier molecular flexibility index (Phi) is 3.46. The molecule has 128 valence electrons. The van der Waals surface area contributed by atoms with Crippen LogP contribution < -0.4 is 5.32 Å². The molecule has 2 nitrogen and oxygen atoms in total. The molecule has 0 fully saturated rings. The van der Waals surface area contributed by atoms with E-state index in [-0.39, 0.29) is 11.8 Å². The third kappa shape index (κ3) is 2.29. The Bertz CT molecular complexity index is 1040. The molecule has 0 aromatic heterocycles. The van der Waals surface area contributed by atoms with Crippen LogP contribution in [0, 0.1) is 5.92 Å². The van der Waals surface area contributed by atoms with Crippen LogP contribution in [-0.2, 0) is 0 Å². The molecule has 0 saturated heterocycles. The lowest BCUT2D eigenvalue weighted by atomic mass is 9.75. The van der Waals surface area contributed by atoms with Crippen molar-refractivity contribution < 1.29 is 4.79 Å². The predicted octanol–water partition coefficient (Wildman–Crippen LogP) is 5.87. The molecule has 2 heteroatoms. The van der Waals surface area contributed by atoms with E-state index in [1.165, 1.54) is 21.9 Å². The number of carbonyl (C=O) groups excluding carboxylic acids is 1. The van der Waals surface area contributed by atoms with Crippen molar-refractivity contribution in [1.29, 1.82) is 0 Å². The van der Waals surface area contributed by atoms with Gasteiger partial charge in [0.05, 0.1) is 6.04 Å². The van der Waals surface area contributed by atoms with Gasteiger partial charge in [-0.2, -0.15) is 0 Å². The summed E-state index contributed by atoms with van der Waals surface area (Å²) < 4.78 is 0. The SMILES string of the molecule is CC(=O)c1ccc2c(c1)[C@@H]1C=CC[C@H]1[C@H](c1cccc3ccccc13)N2. The Hall–Kier alpha value is -2.87. The summed E-state index contributed by atoms with van der Waals surface area (Å²) in [4.78, 5) is 11.8. The number of allylic oxidation sites excluding steroid dienone is 2. The predicted molar refractivity (Wildman–Crippen MR) is 107 cm³/mol. The molecular weight excluding hydrogens is 318 g/mol. The highest BCUT2D eigenvalue weighted by Gasteiger charge is 2.38. The van der Waals surface area contributed by atoms with E-state index in [4.69, 9.17) is 0 Å². The Balaban J connectivity index is 1.65. The van der Waals surface area contributed by atoms with Crippen LogP contribution in [-0.4, -0.2) is 5.78 Å². The molecule has 5 rings (SSSR count). The molecule has 0 radical (unpaired) electrons. The van der Waals surface area contributed by atoms with Crippen molar-refractivity contribution in [2.24, 2.45) is 5.92 Å². The molecule has 26 heavy (non-hydrogen) atoms. The van der Waals surface area contributed by atoms with Gasteiger partial charge in [-0.25, -0.2) is 0 Å². The van der Waals surface area contributed by atoms with Gasteiger partial charge >= 0.3 is 0 Å². The molecular formula is C24H21NO. The first-order valence-corrected chi connectivity index (χ1v) is 9.28. The molecule has 0 amide bonds. The lowest BCUT2D eigenvalue weighted by Crippen LogP contribution is -2.29. The molecule has 1 aliphatic carbocycles. The minimum Gasteiger partial charge on any atom is -0.378 e. The van der Waals surface area contributed by atoms with Gasteiger partial charge in [0.1, 0.15) is 0 Å². The highest BCUT2D eigenvalue weighted by atomic mass is 16.1. The van der Waals surface area contributed by atoms with Crippen molar-refractivity contribution in [3.8, 4) is 0 Å². The summed E-state index contributed by atoms with van der Waals surface area (Å²) in [5.74, 6) is 0.979. The minimum atomic E-state index is 0.127. The molecule has 2 aliphatic rings. The third-order valence-corrected chi connectivity index (χ3v) is 5.93. The van der Waals surface area contributed by atoms with Crippen LogP contribution >= 0.6 is 0 Å². The smallest absolute Gasteiger partial charge is 0.159 e. The van der Waals surface area contributed by atoms with Crippen LogP contribution in [0.1, 0.15) is 46.8 Å². The number of carbonyl (C=O) groups is 1. The maximum atomic E-state index is 11.8. The standard InChI is InChI=1S/C24H21NO/c1-15(26)17-12-13-23-22(14-17)19-9-5-11-21(19)24(25-23)20-10-4-7-16-6-2-3-8-18(16)20/h2-10,12-14,19,21,24-25H,11H2,1H3/t19-,21-,24+/m1/s1. The number of ketones is 1. The summed E-state index contributed by atoms with van der Waals surface area (Å²) in [6.45, 7) is 1.64. The molecule has 0 unspecified atom stereocenters. The largest absolute Gasteiger partial charge is 0.378 e. The number of hydrogen-bond donors (Lipinski definition) is 1. The van der Waals surface area contributed by atoms with E-state index >= 15 is 0 Å². The zero-order valence-electron chi connectivity index (χ0n) is 14.8. The van der Waals surface area contributed by atoms with Crippen molar-refractivity contribution in [2.75, 3.05) is 5.32 Å². The van der Waals surface area contributed by atoms with Gasteiger partial charge in [-0.3, -0.25) is 4.79 Å². The Labute approximate surface area is 153 Å². The molecule has 0 bridgehead atoms. The fourth-order valence-electron chi connectivity index (χ4n) is 4.64. The fraction of sp³-hybridized carbons (Fsp3) is 0.208. The number of Topliss-reactive ketones (excluding diaryl/α,β-unsaturated/α-hetero) is 1. The van der Waals surface area contributed by atoms with Crippen molar-refractivity contribution in [3.63, 3.8) is 0 Å². The zero-order chi connectivity index (χ0) is 17.7. The fourth-order valence-corrected chi connectivity index (χ4v) is 4.64. The second-order valence-corrected chi connectivity index (χ2v) is 7.40. The first-order chi connectivity index (χ1) is 12.7. The van der Waals surface area contributed by atoms with Crippen molar-refractivity contribution in [3.05, 3.63) is 89.5 Å². The molecule has 3 atom stereocenters. The van der Waals surface area contributed by atoms with E-state index in [2.05, 4.69) is 72.1 Å². The van der Waals surface area contributed by atoms with E-state index < -0.39 is 0 Å². The minimum absolute atomic E-state index is 0.127. The number of nitrogens with one attached hydrogen (secondary N) is 1. The quantitative estimate of drug-likeness (QED) is 0.467. The van der Waals surface area contributed by atoms with E-state index in [1.54, 1.807) is 6.92 Å². The van der Waals surface area contributed by atoms with Gasteiger partial charge in [0.15, 0.2) is 5.78 Å². The normalized spacial score (nSPS) is 23.3. The molecule has 0 saturated carbocycles. The third-order valence-electron chi connectivity index (χ3n) is 5.93. The number of anilines is 1. The van der Waals surface area contributed by atoms with Crippen LogP contribution in [0.3, 0.4) is 0 Å². The maximum Gasteiger partial charge on any atom is 0.159 e. The van der Waals surface area contributed by atoms with Crippen LogP contribution in [0.5, 0.6) is 0 Å². The zero-order valence-corrected chi connectivity index (χ0v) is 14.8. The van der Waals surface area contributed by atoms with Gasteiger partial charge in [0, 0.05) is 17.2 Å². The lowest BCUT2D eigenvalue weighted by molar-refractivity contribution is 0.101. The first kappa shape index (κ1) is 15.4. The van der Waals surface area contributed by atoms with Gasteiger partial charge in [0.25, 0.3) is 0 Å².